The highest BCUT2D eigenvalue weighted by Crippen LogP contribution is 2.13. The van der Waals surface area contributed by atoms with E-state index < -0.39 is 0 Å². The van der Waals surface area contributed by atoms with Crippen molar-refractivity contribution in [2.75, 3.05) is 0 Å². The third-order valence-corrected chi connectivity index (χ3v) is 2.39. The molecule has 0 nitrogen and oxygen atoms in total. The number of hydrogen-bond acceptors (Lipinski definition) is 0. The van der Waals surface area contributed by atoms with E-state index in [1.807, 2.05) is 4.99 Å². The summed E-state index contributed by atoms with van der Waals surface area (Å²) in [6, 6.07) is 0. The summed E-state index contributed by atoms with van der Waals surface area (Å²) in [5.41, 5.74) is 0. The van der Waals surface area contributed by atoms with Gasteiger partial charge < -0.3 is 0 Å². The highest BCUT2D eigenvalue weighted by molar-refractivity contribution is 9.14. The third kappa shape index (κ3) is 4.85. The van der Waals surface area contributed by atoms with Gasteiger partial charge >= 0.3 is 0 Å². The zero-order valence-corrected chi connectivity index (χ0v) is 8.00. The molecular weight excluding hydrogens is 232 g/mol. The maximum Gasteiger partial charge on any atom is 0.00569 e. The highest BCUT2D eigenvalue weighted by Gasteiger charge is 1.87. The Hall–Kier alpha value is 0.700. The van der Waals surface area contributed by atoms with E-state index in [-0.39, 0.29) is 0 Å². The number of halogens is 2. The van der Waals surface area contributed by atoms with Crippen molar-refractivity contribution < 1.29 is 0 Å². The molecule has 47 valence electrons. The number of allylic oxidation sites excluding steroid dienone is 1. The van der Waals surface area contributed by atoms with E-state index in [1.54, 1.807) is 0 Å². The Balaban J connectivity index is 3.12. The quantitative estimate of drug-likeness (QED) is 0.707. The van der Waals surface area contributed by atoms with E-state index in [0.29, 0.717) is 0 Å². The predicted octanol–water partition coefficient (Wildman–Crippen LogP) is 3.62. The summed E-state index contributed by atoms with van der Waals surface area (Å²) in [5.74, 6) is 0. The summed E-state index contributed by atoms with van der Waals surface area (Å²) in [7, 11) is 0. The lowest BCUT2D eigenvalue weighted by Gasteiger charge is -1.91. The molecule has 8 heavy (non-hydrogen) atoms. The van der Waals surface area contributed by atoms with Gasteiger partial charge in [-0.2, -0.15) is 0 Å². The van der Waals surface area contributed by atoms with Crippen molar-refractivity contribution >= 4 is 31.9 Å². The van der Waals surface area contributed by atoms with Crippen LogP contribution in [0.2, 0.25) is 0 Å². The normalized spacial score (nSPS) is 12.1. The van der Waals surface area contributed by atoms with Gasteiger partial charge in [0.25, 0.3) is 0 Å². The van der Waals surface area contributed by atoms with Gasteiger partial charge in [-0.05, 0) is 17.8 Å². The maximum atomic E-state index is 3.34. The number of hydrogen-bond donors (Lipinski definition) is 0. The molecule has 1 radical (unpaired) electrons. The lowest BCUT2D eigenvalue weighted by molar-refractivity contribution is 0.921. The highest BCUT2D eigenvalue weighted by atomic mass is 79.9. The van der Waals surface area contributed by atoms with Crippen LogP contribution in [0.5, 0.6) is 0 Å². The first kappa shape index (κ1) is 8.70. The van der Waals surface area contributed by atoms with Crippen molar-refractivity contribution in [2.45, 2.75) is 19.8 Å². The predicted molar refractivity (Wildman–Crippen MR) is 45.1 cm³/mol. The average molecular weight is 241 g/mol. The van der Waals surface area contributed by atoms with Crippen molar-refractivity contribution in [3.8, 4) is 0 Å². The van der Waals surface area contributed by atoms with Crippen LogP contribution in [0.1, 0.15) is 19.8 Å². The smallest absolute Gasteiger partial charge is 0.00569 e. The fraction of sp³-hybridized carbons (Fsp3) is 0.500. The van der Waals surface area contributed by atoms with E-state index in [4.69, 9.17) is 0 Å². The van der Waals surface area contributed by atoms with Crippen LogP contribution >= 0.6 is 31.9 Å². The van der Waals surface area contributed by atoms with Gasteiger partial charge in [-0.1, -0.05) is 45.2 Å². The molecule has 2 heteroatoms. The van der Waals surface area contributed by atoms with Gasteiger partial charge in [-0.3, -0.25) is 0 Å². The Morgan fingerprint density at radius 1 is 1.62 bits per heavy atom. The first-order chi connectivity index (χ1) is 3.81. The van der Waals surface area contributed by atoms with Gasteiger partial charge in [0.1, 0.15) is 0 Å². The van der Waals surface area contributed by atoms with Gasteiger partial charge in [0.15, 0.2) is 0 Å². The molecule has 0 aromatic heterocycles. The Kier molecular flexibility index (Phi) is 6.34. The topological polar surface area (TPSA) is 0 Å². The molecule has 0 spiro atoms. The Morgan fingerprint density at radius 2 is 2.25 bits per heavy atom. The molecule has 0 aliphatic rings. The molecule has 0 atom stereocenters. The van der Waals surface area contributed by atoms with Gasteiger partial charge in [0, 0.05) is 4.48 Å². The Bertz CT molecular complexity index is 76.6. The fourth-order valence-corrected chi connectivity index (χ4v) is 0.743. The molecule has 0 amide bonds. The van der Waals surface area contributed by atoms with Crippen LogP contribution in [0.4, 0.5) is 0 Å². The molecular formula is C6H9Br2. The maximum absolute atomic E-state index is 3.34. The molecule has 0 aliphatic heterocycles. The molecule has 0 aliphatic carbocycles. The Labute approximate surface area is 67.6 Å². The summed E-state index contributed by atoms with van der Waals surface area (Å²) in [6.07, 6.45) is 4.48. The molecule has 0 rings (SSSR count). The van der Waals surface area contributed by atoms with Crippen molar-refractivity contribution in [2.24, 2.45) is 0 Å². The zero-order valence-electron chi connectivity index (χ0n) is 4.82. The fourth-order valence-electron chi connectivity index (χ4n) is 0.327. The standard InChI is InChI=1S/C6H9Br2/c1-2-3-4-6(8)5-7/h4-5H,2-3H2,1H3/b6-5-. The van der Waals surface area contributed by atoms with Gasteiger partial charge in [-0.25, -0.2) is 0 Å². The first-order valence-electron chi connectivity index (χ1n) is 2.60. The van der Waals surface area contributed by atoms with Crippen LogP contribution in [0.25, 0.3) is 0 Å². The van der Waals surface area contributed by atoms with Crippen LogP contribution < -0.4 is 0 Å². The molecule has 0 N–H and O–H groups in total. The molecule has 0 aromatic rings. The van der Waals surface area contributed by atoms with E-state index in [2.05, 4.69) is 45.2 Å². The summed E-state index contributed by atoms with van der Waals surface area (Å²) >= 11 is 6.54. The summed E-state index contributed by atoms with van der Waals surface area (Å²) in [6.45, 7) is 2.16. The molecule has 0 unspecified atom stereocenters. The van der Waals surface area contributed by atoms with Crippen molar-refractivity contribution in [3.63, 3.8) is 0 Å². The third-order valence-electron chi connectivity index (χ3n) is 0.732. The van der Waals surface area contributed by atoms with Crippen LogP contribution in [-0.2, 0) is 0 Å². The van der Waals surface area contributed by atoms with E-state index in [0.717, 1.165) is 10.9 Å². The second-order valence-corrected chi connectivity index (χ2v) is 2.86. The van der Waals surface area contributed by atoms with Crippen LogP contribution in [0.15, 0.2) is 9.47 Å². The molecule has 0 heterocycles. The second-order valence-electron chi connectivity index (χ2n) is 1.49. The largest absolute Gasteiger partial charge is 0.0654 e. The zero-order chi connectivity index (χ0) is 6.41. The van der Waals surface area contributed by atoms with Crippen LogP contribution in [0.3, 0.4) is 0 Å². The number of rotatable bonds is 3. The van der Waals surface area contributed by atoms with E-state index in [9.17, 15) is 0 Å². The SMILES string of the molecule is CCC[CH]/C(Br)=C/Br. The molecule has 0 saturated heterocycles. The monoisotopic (exact) mass is 239 g/mol. The minimum absolute atomic E-state index is 1.12. The van der Waals surface area contributed by atoms with Crippen LogP contribution in [-0.4, -0.2) is 0 Å². The van der Waals surface area contributed by atoms with Crippen molar-refractivity contribution in [3.05, 3.63) is 15.9 Å². The minimum atomic E-state index is 1.12. The Morgan fingerprint density at radius 3 is 2.62 bits per heavy atom. The van der Waals surface area contributed by atoms with E-state index in [1.165, 1.54) is 6.42 Å². The lowest BCUT2D eigenvalue weighted by Crippen LogP contribution is -1.71. The molecule has 0 saturated carbocycles. The number of unbranched alkanes of at least 4 members (excludes halogenated alkanes) is 1. The van der Waals surface area contributed by atoms with E-state index >= 15 is 0 Å². The van der Waals surface area contributed by atoms with Crippen molar-refractivity contribution in [1.29, 1.82) is 0 Å². The van der Waals surface area contributed by atoms with Gasteiger partial charge in [0.05, 0.1) is 0 Å². The summed E-state index contributed by atoms with van der Waals surface area (Å²) in [4.78, 5) is 1.86. The summed E-state index contributed by atoms with van der Waals surface area (Å²) < 4.78 is 1.12. The van der Waals surface area contributed by atoms with Gasteiger partial charge in [0.2, 0.25) is 0 Å². The van der Waals surface area contributed by atoms with Crippen LogP contribution in [0, 0.1) is 6.42 Å². The molecule has 0 aromatic carbocycles. The average Bonchev–Trinajstić information content (AvgIpc) is 1.83. The van der Waals surface area contributed by atoms with Gasteiger partial charge in [-0.15, -0.1) is 0 Å². The molecule has 0 fully saturated rings. The second kappa shape index (κ2) is 5.83. The summed E-state index contributed by atoms with van der Waals surface area (Å²) in [5, 5.41) is 0. The van der Waals surface area contributed by atoms with Crippen molar-refractivity contribution in [1.82, 2.24) is 0 Å². The molecule has 0 bridgehead atoms. The first-order valence-corrected chi connectivity index (χ1v) is 4.31. The lowest BCUT2D eigenvalue weighted by atomic mass is 10.2. The minimum Gasteiger partial charge on any atom is -0.0654 e.